The molecule has 2 aromatic rings. The molecule has 3 heteroatoms. The van der Waals surface area contributed by atoms with Gasteiger partial charge in [0, 0.05) is 25.2 Å². The summed E-state index contributed by atoms with van der Waals surface area (Å²) in [6.07, 6.45) is 0. The van der Waals surface area contributed by atoms with Gasteiger partial charge in [-0.25, -0.2) is 4.39 Å². The molecule has 0 saturated carbocycles. The van der Waals surface area contributed by atoms with Crippen molar-refractivity contribution >= 4 is 17.3 Å². The van der Waals surface area contributed by atoms with Crippen LogP contribution in [0.2, 0.25) is 0 Å². The van der Waals surface area contributed by atoms with Crippen molar-refractivity contribution in [3.8, 4) is 0 Å². The van der Waals surface area contributed by atoms with Gasteiger partial charge in [0.05, 0.1) is 0 Å². The number of hydrogen-bond acceptors (Lipinski definition) is 1. The average Bonchev–Trinajstić information content (AvgIpc) is 2.38. The van der Waals surface area contributed by atoms with E-state index < -0.39 is 0 Å². The van der Waals surface area contributed by atoms with Gasteiger partial charge in [-0.3, -0.25) is 0 Å². The first kappa shape index (κ1) is 13.9. The molecule has 0 fully saturated rings. The Morgan fingerprint density at radius 2 is 1.89 bits per heavy atom. The summed E-state index contributed by atoms with van der Waals surface area (Å²) >= 11 is 5.77. The first-order valence-corrected chi connectivity index (χ1v) is 6.74. The van der Waals surface area contributed by atoms with Crippen LogP contribution in [0.4, 0.5) is 10.1 Å². The van der Waals surface area contributed by atoms with Crippen molar-refractivity contribution in [3.05, 3.63) is 65.0 Å². The summed E-state index contributed by atoms with van der Waals surface area (Å²) in [5.74, 6) is 0.0764. The van der Waals surface area contributed by atoms with E-state index in [1.54, 1.807) is 0 Å². The topological polar surface area (TPSA) is 3.24 Å². The zero-order chi connectivity index (χ0) is 13.8. The van der Waals surface area contributed by atoms with Gasteiger partial charge in [0.2, 0.25) is 0 Å². The molecular weight excluding hydrogens is 261 g/mol. The van der Waals surface area contributed by atoms with E-state index in [2.05, 4.69) is 25.1 Å². The molecular formula is C16H17ClFN. The summed E-state index contributed by atoms with van der Waals surface area (Å²) in [6, 6.07) is 13.2. The van der Waals surface area contributed by atoms with Gasteiger partial charge >= 0.3 is 0 Å². The standard InChI is InChI=1S/C16H17ClFN/c1-12-4-3-5-13(6-12)11-19(2)16-8-14(10-17)7-15(18)9-16/h3-9H,10-11H2,1-2H3. The van der Waals surface area contributed by atoms with Crippen molar-refractivity contribution in [1.29, 1.82) is 0 Å². The van der Waals surface area contributed by atoms with Gasteiger partial charge in [-0.05, 0) is 36.2 Å². The van der Waals surface area contributed by atoms with Crippen LogP contribution in [0.3, 0.4) is 0 Å². The first-order valence-electron chi connectivity index (χ1n) is 6.20. The highest BCUT2D eigenvalue weighted by Crippen LogP contribution is 2.20. The highest BCUT2D eigenvalue weighted by molar-refractivity contribution is 6.17. The second-order valence-electron chi connectivity index (χ2n) is 4.80. The fourth-order valence-electron chi connectivity index (χ4n) is 2.11. The molecule has 0 saturated heterocycles. The zero-order valence-electron chi connectivity index (χ0n) is 11.2. The van der Waals surface area contributed by atoms with Crippen LogP contribution in [0, 0.1) is 12.7 Å². The Morgan fingerprint density at radius 1 is 1.11 bits per heavy atom. The summed E-state index contributed by atoms with van der Waals surface area (Å²) in [6.45, 7) is 2.81. The molecule has 0 N–H and O–H groups in total. The minimum Gasteiger partial charge on any atom is -0.370 e. The summed E-state index contributed by atoms with van der Waals surface area (Å²) in [4.78, 5) is 2.02. The third-order valence-corrected chi connectivity index (χ3v) is 3.35. The quantitative estimate of drug-likeness (QED) is 0.743. The number of alkyl halides is 1. The van der Waals surface area contributed by atoms with Crippen LogP contribution in [0.15, 0.2) is 42.5 Å². The highest BCUT2D eigenvalue weighted by atomic mass is 35.5. The lowest BCUT2D eigenvalue weighted by Gasteiger charge is -2.20. The molecule has 0 aliphatic carbocycles. The van der Waals surface area contributed by atoms with Crippen molar-refractivity contribution in [2.24, 2.45) is 0 Å². The average molecular weight is 278 g/mol. The van der Waals surface area contributed by atoms with Crippen LogP contribution >= 0.6 is 11.6 Å². The van der Waals surface area contributed by atoms with Crippen LogP contribution in [0.1, 0.15) is 16.7 Å². The summed E-state index contributed by atoms with van der Waals surface area (Å²) in [7, 11) is 1.95. The van der Waals surface area contributed by atoms with Gasteiger partial charge in [0.15, 0.2) is 0 Å². The maximum atomic E-state index is 13.5. The third kappa shape index (κ3) is 3.71. The van der Waals surface area contributed by atoms with Crippen LogP contribution in [-0.4, -0.2) is 7.05 Å². The Labute approximate surface area is 118 Å². The minimum absolute atomic E-state index is 0.246. The van der Waals surface area contributed by atoms with Crippen molar-refractivity contribution in [1.82, 2.24) is 0 Å². The molecule has 0 atom stereocenters. The number of rotatable bonds is 4. The summed E-state index contributed by atoms with van der Waals surface area (Å²) < 4.78 is 13.5. The second kappa shape index (κ2) is 6.07. The Hall–Kier alpha value is -1.54. The monoisotopic (exact) mass is 277 g/mol. The number of aryl methyl sites for hydroxylation is 1. The van der Waals surface area contributed by atoms with E-state index in [-0.39, 0.29) is 5.82 Å². The van der Waals surface area contributed by atoms with E-state index in [1.165, 1.54) is 23.3 Å². The lowest BCUT2D eigenvalue weighted by molar-refractivity contribution is 0.625. The molecule has 0 aliphatic heterocycles. The number of anilines is 1. The van der Waals surface area contributed by atoms with Crippen LogP contribution in [-0.2, 0) is 12.4 Å². The zero-order valence-corrected chi connectivity index (χ0v) is 11.9. The Morgan fingerprint density at radius 3 is 2.58 bits per heavy atom. The van der Waals surface area contributed by atoms with Gasteiger partial charge < -0.3 is 4.90 Å². The largest absolute Gasteiger partial charge is 0.370 e. The van der Waals surface area contributed by atoms with Crippen molar-refractivity contribution < 1.29 is 4.39 Å². The van der Waals surface area contributed by atoms with Gasteiger partial charge in [-0.1, -0.05) is 29.8 Å². The third-order valence-electron chi connectivity index (χ3n) is 3.04. The van der Waals surface area contributed by atoms with Crippen molar-refractivity contribution in [2.45, 2.75) is 19.3 Å². The molecule has 0 aliphatic rings. The molecule has 0 aromatic heterocycles. The SMILES string of the molecule is Cc1cccc(CN(C)c2cc(F)cc(CCl)c2)c1. The molecule has 100 valence electrons. The molecule has 1 nitrogen and oxygen atoms in total. The van der Waals surface area contributed by atoms with E-state index in [4.69, 9.17) is 11.6 Å². The Balaban J connectivity index is 2.20. The molecule has 2 rings (SSSR count). The maximum Gasteiger partial charge on any atom is 0.125 e. The number of hydrogen-bond donors (Lipinski definition) is 0. The number of halogens is 2. The Bertz CT molecular complexity index is 568. The van der Waals surface area contributed by atoms with E-state index in [0.717, 1.165) is 17.8 Å². The second-order valence-corrected chi connectivity index (χ2v) is 5.06. The van der Waals surface area contributed by atoms with Crippen LogP contribution in [0.25, 0.3) is 0 Å². The van der Waals surface area contributed by atoms with E-state index in [0.29, 0.717) is 5.88 Å². The molecule has 2 aromatic carbocycles. The molecule has 0 spiro atoms. The van der Waals surface area contributed by atoms with E-state index in [9.17, 15) is 4.39 Å². The molecule has 0 bridgehead atoms. The Kier molecular flexibility index (Phi) is 4.43. The van der Waals surface area contributed by atoms with E-state index in [1.807, 2.05) is 24.1 Å². The lowest BCUT2D eigenvalue weighted by Crippen LogP contribution is -2.16. The highest BCUT2D eigenvalue weighted by Gasteiger charge is 2.06. The molecule has 0 unspecified atom stereocenters. The molecule has 0 amide bonds. The first-order chi connectivity index (χ1) is 9.08. The van der Waals surface area contributed by atoms with Gasteiger partial charge in [0.1, 0.15) is 5.82 Å². The molecule has 19 heavy (non-hydrogen) atoms. The summed E-state index contributed by atoms with van der Waals surface area (Å²) in [5.41, 5.74) is 4.08. The smallest absolute Gasteiger partial charge is 0.125 e. The van der Waals surface area contributed by atoms with Crippen molar-refractivity contribution in [3.63, 3.8) is 0 Å². The number of benzene rings is 2. The van der Waals surface area contributed by atoms with Gasteiger partial charge in [0.25, 0.3) is 0 Å². The van der Waals surface area contributed by atoms with Crippen LogP contribution in [0.5, 0.6) is 0 Å². The predicted molar refractivity (Wildman–Crippen MR) is 79.2 cm³/mol. The van der Waals surface area contributed by atoms with Gasteiger partial charge in [-0.2, -0.15) is 0 Å². The van der Waals surface area contributed by atoms with Crippen LogP contribution < -0.4 is 4.90 Å². The lowest BCUT2D eigenvalue weighted by atomic mass is 10.1. The van der Waals surface area contributed by atoms with E-state index >= 15 is 0 Å². The predicted octanol–water partition coefficient (Wildman–Crippen LogP) is 4.51. The number of nitrogens with zero attached hydrogens (tertiary/aromatic N) is 1. The molecule has 0 radical (unpaired) electrons. The minimum atomic E-state index is -0.246. The normalized spacial score (nSPS) is 10.5. The maximum absolute atomic E-state index is 13.5. The fraction of sp³-hybridized carbons (Fsp3) is 0.250. The molecule has 0 heterocycles. The summed E-state index contributed by atoms with van der Waals surface area (Å²) in [5, 5.41) is 0. The van der Waals surface area contributed by atoms with Gasteiger partial charge in [-0.15, -0.1) is 11.6 Å². The fourth-order valence-corrected chi connectivity index (χ4v) is 2.26. The van der Waals surface area contributed by atoms with Crippen molar-refractivity contribution in [2.75, 3.05) is 11.9 Å².